The van der Waals surface area contributed by atoms with Crippen LogP contribution in [0.3, 0.4) is 0 Å². The first-order chi connectivity index (χ1) is 7.31. The monoisotopic (exact) mass is 238 g/mol. The molecule has 1 aromatic rings. The fourth-order valence-electron chi connectivity index (χ4n) is 0.916. The van der Waals surface area contributed by atoms with Crippen molar-refractivity contribution >= 4 is 11.8 Å². The number of anilines is 1. The predicted octanol–water partition coefficient (Wildman–Crippen LogP) is 1.89. The van der Waals surface area contributed by atoms with Crippen LogP contribution in [0.25, 0.3) is 0 Å². The predicted molar refractivity (Wildman–Crippen MR) is 45.7 cm³/mol. The third-order valence-corrected chi connectivity index (χ3v) is 1.58. The standard InChI is InChI=1S/C8H6F4N2O2/c9-5-4(7(15)16)1-2-13-6(5)14-3-8(10,11)12/h1-2H,3H2,(H,13,14)(H,15,16). The van der Waals surface area contributed by atoms with Crippen molar-refractivity contribution in [2.24, 2.45) is 0 Å². The Bertz CT molecular complexity index is 406. The molecule has 0 aliphatic heterocycles. The number of rotatable bonds is 3. The van der Waals surface area contributed by atoms with Gasteiger partial charge in [0.15, 0.2) is 11.6 Å². The summed E-state index contributed by atoms with van der Waals surface area (Å²) in [5.74, 6) is -3.63. The summed E-state index contributed by atoms with van der Waals surface area (Å²) in [6.07, 6.45) is -3.63. The first-order valence-corrected chi connectivity index (χ1v) is 3.99. The molecule has 0 amide bonds. The molecule has 0 saturated heterocycles. The topological polar surface area (TPSA) is 62.2 Å². The quantitative estimate of drug-likeness (QED) is 0.789. The molecule has 4 nitrogen and oxygen atoms in total. The normalized spacial score (nSPS) is 11.2. The number of aromatic nitrogens is 1. The van der Waals surface area contributed by atoms with Gasteiger partial charge in [0.25, 0.3) is 0 Å². The maximum Gasteiger partial charge on any atom is 0.405 e. The third-order valence-electron chi connectivity index (χ3n) is 1.58. The molecule has 1 rings (SSSR count). The molecule has 0 aromatic carbocycles. The number of aromatic carboxylic acids is 1. The minimum atomic E-state index is -4.53. The average Bonchev–Trinajstić information content (AvgIpc) is 2.14. The van der Waals surface area contributed by atoms with Crippen molar-refractivity contribution in [3.8, 4) is 0 Å². The van der Waals surface area contributed by atoms with Gasteiger partial charge in [0, 0.05) is 6.20 Å². The van der Waals surface area contributed by atoms with Crippen LogP contribution in [0.2, 0.25) is 0 Å². The smallest absolute Gasteiger partial charge is 0.405 e. The molecular formula is C8H6F4N2O2. The minimum absolute atomic E-state index is 0.736. The van der Waals surface area contributed by atoms with Crippen LogP contribution < -0.4 is 5.32 Å². The number of halogens is 4. The molecule has 0 bridgehead atoms. The molecule has 0 atom stereocenters. The molecule has 0 radical (unpaired) electrons. The van der Waals surface area contributed by atoms with E-state index < -0.39 is 35.9 Å². The highest BCUT2D eigenvalue weighted by atomic mass is 19.4. The SMILES string of the molecule is O=C(O)c1ccnc(NCC(F)(F)F)c1F. The van der Waals surface area contributed by atoms with Crippen LogP contribution in [0.1, 0.15) is 10.4 Å². The van der Waals surface area contributed by atoms with E-state index >= 15 is 0 Å². The van der Waals surface area contributed by atoms with E-state index in [4.69, 9.17) is 5.11 Å². The number of nitrogens with one attached hydrogen (secondary N) is 1. The van der Waals surface area contributed by atoms with Crippen molar-refractivity contribution < 1.29 is 27.5 Å². The van der Waals surface area contributed by atoms with Crippen molar-refractivity contribution in [3.63, 3.8) is 0 Å². The molecule has 0 fully saturated rings. The summed E-state index contributed by atoms with van der Waals surface area (Å²) in [5.41, 5.74) is -0.736. The van der Waals surface area contributed by atoms with Gasteiger partial charge in [-0.05, 0) is 6.07 Å². The molecule has 0 aliphatic carbocycles. The summed E-state index contributed by atoms with van der Waals surface area (Å²) < 4.78 is 48.6. The Kier molecular flexibility index (Phi) is 3.31. The zero-order valence-corrected chi connectivity index (χ0v) is 7.68. The molecular weight excluding hydrogens is 232 g/mol. The molecule has 2 N–H and O–H groups in total. The number of pyridine rings is 1. The minimum Gasteiger partial charge on any atom is -0.478 e. The van der Waals surface area contributed by atoms with Gasteiger partial charge in [0.2, 0.25) is 0 Å². The Morgan fingerprint density at radius 1 is 1.50 bits per heavy atom. The Morgan fingerprint density at radius 2 is 2.12 bits per heavy atom. The van der Waals surface area contributed by atoms with Crippen molar-refractivity contribution in [3.05, 3.63) is 23.6 Å². The van der Waals surface area contributed by atoms with E-state index in [1.807, 2.05) is 0 Å². The van der Waals surface area contributed by atoms with Crippen LogP contribution in [0, 0.1) is 5.82 Å². The van der Waals surface area contributed by atoms with Gasteiger partial charge in [0.05, 0.1) is 0 Å². The van der Waals surface area contributed by atoms with Gasteiger partial charge < -0.3 is 10.4 Å². The van der Waals surface area contributed by atoms with E-state index in [0.717, 1.165) is 12.3 Å². The highest BCUT2D eigenvalue weighted by molar-refractivity contribution is 5.88. The van der Waals surface area contributed by atoms with E-state index in [1.165, 1.54) is 0 Å². The lowest BCUT2D eigenvalue weighted by Crippen LogP contribution is -2.22. The van der Waals surface area contributed by atoms with E-state index in [2.05, 4.69) is 4.98 Å². The second-order valence-electron chi connectivity index (χ2n) is 2.79. The van der Waals surface area contributed by atoms with Crippen molar-refractivity contribution in [2.45, 2.75) is 6.18 Å². The number of nitrogens with zero attached hydrogens (tertiary/aromatic N) is 1. The molecule has 88 valence electrons. The maximum absolute atomic E-state index is 13.2. The van der Waals surface area contributed by atoms with Crippen LogP contribution in [-0.2, 0) is 0 Å². The van der Waals surface area contributed by atoms with E-state index in [1.54, 1.807) is 5.32 Å². The van der Waals surface area contributed by atoms with Gasteiger partial charge in [-0.1, -0.05) is 0 Å². The van der Waals surface area contributed by atoms with E-state index in [9.17, 15) is 22.4 Å². The van der Waals surface area contributed by atoms with Crippen LogP contribution in [0.4, 0.5) is 23.4 Å². The zero-order valence-electron chi connectivity index (χ0n) is 7.68. The number of carboxylic acids is 1. The molecule has 16 heavy (non-hydrogen) atoms. The van der Waals surface area contributed by atoms with E-state index in [-0.39, 0.29) is 0 Å². The summed E-state index contributed by atoms with van der Waals surface area (Å²) in [7, 11) is 0. The summed E-state index contributed by atoms with van der Waals surface area (Å²) in [5, 5.41) is 10.2. The number of carboxylic acid groups (broad SMARTS) is 1. The van der Waals surface area contributed by atoms with Gasteiger partial charge in [0.1, 0.15) is 12.1 Å². The molecule has 0 unspecified atom stereocenters. The molecule has 1 heterocycles. The lowest BCUT2D eigenvalue weighted by molar-refractivity contribution is -0.115. The summed E-state index contributed by atoms with van der Waals surface area (Å²) in [4.78, 5) is 13.7. The molecule has 0 aliphatic rings. The van der Waals surface area contributed by atoms with Crippen LogP contribution in [-0.4, -0.2) is 28.8 Å². The summed E-state index contributed by atoms with van der Waals surface area (Å²) in [6, 6.07) is 0.858. The van der Waals surface area contributed by atoms with Crippen LogP contribution in [0.15, 0.2) is 12.3 Å². The van der Waals surface area contributed by atoms with Crippen molar-refractivity contribution in [1.82, 2.24) is 4.98 Å². The highest BCUT2D eigenvalue weighted by Crippen LogP contribution is 2.19. The second kappa shape index (κ2) is 4.33. The summed E-state index contributed by atoms with van der Waals surface area (Å²) in [6.45, 7) is -1.49. The van der Waals surface area contributed by atoms with Gasteiger partial charge in [-0.2, -0.15) is 13.2 Å². The Hall–Kier alpha value is -1.86. The average molecular weight is 238 g/mol. The maximum atomic E-state index is 13.2. The lowest BCUT2D eigenvalue weighted by atomic mass is 10.2. The van der Waals surface area contributed by atoms with Crippen LogP contribution >= 0.6 is 0 Å². The number of hydrogen-bond acceptors (Lipinski definition) is 3. The van der Waals surface area contributed by atoms with Gasteiger partial charge in [-0.3, -0.25) is 0 Å². The van der Waals surface area contributed by atoms with Gasteiger partial charge in [-0.15, -0.1) is 0 Å². The Balaban J connectivity index is 2.90. The zero-order chi connectivity index (χ0) is 12.3. The van der Waals surface area contributed by atoms with Gasteiger partial charge >= 0.3 is 12.1 Å². The van der Waals surface area contributed by atoms with Crippen molar-refractivity contribution in [2.75, 3.05) is 11.9 Å². The Morgan fingerprint density at radius 3 is 2.62 bits per heavy atom. The molecule has 8 heteroatoms. The number of hydrogen-bond donors (Lipinski definition) is 2. The first-order valence-electron chi connectivity index (χ1n) is 3.99. The van der Waals surface area contributed by atoms with Crippen LogP contribution in [0.5, 0.6) is 0 Å². The Labute approximate surface area is 86.9 Å². The van der Waals surface area contributed by atoms with Gasteiger partial charge in [-0.25, -0.2) is 14.2 Å². The largest absolute Gasteiger partial charge is 0.478 e. The summed E-state index contributed by atoms with van der Waals surface area (Å²) >= 11 is 0. The fraction of sp³-hybridized carbons (Fsp3) is 0.250. The molecule has 0 saturated carbocycles. The molecule has 1 aromatic heterocycles. The first kappa shape index (κ1) is 12.2. The molecule has 0 spiro atoms. The third kappa shape index (κ3) is 3.07. The second-order valence-corrected chi connectivity index (χ2v) is 2.79. The number of carbonyl (C=O) groups is 1. The van der Waals surface area contributed by atoms with E-state index in [0.29, 0.717) is 0 Å². The highest BCUT2D eigenvalue weighted by Gasteiger charge is 2.28. The van der Waals surface area contributed by atoms with Crippen molar-refractivity contribution in [1.29, 1.82) is 0 Å². The number of alkyl halides is 3. The fourth-order valence-corrected chi connectivity index (χ4v) is 0.916. The lowest BCUT2D eigenvalue weighted by Gasteiger charge is -2.09.